The molecule has 0 radical (unpaired) electrons. The lowest BCUT2D eigenvalue weighted by atomic mass is 10.3. The molecule has 0 saturated heterocycles. The van der Waals surface area contributed by atoms with Gasteiger partial charge in [-0.2, -0.15) is 9.47 Å². The Hall–Kier alpha value is -1.50. The number of nitrogens with zero attached hydrogens (tertiary/aromatic N) is 4. The molecule has 0 amide bonds. The van der Waals surface area contributed by atoms with Gasteiger partial charge in [0.1, 0.15) is 18.0 Å². The van der Waals surface area contributed by atoms with Gasteiger partial charge in [-0.3, -0.25) is 5.10 Å². The van der Waals surface area contributed by atoms with Crippen LogP contribution in [0.5, 0.6) is 0 Å². The van der Waals surface area contributed by atoms with Gasteiger partial charge in [0.2, 0.25) is 5.13 Å². The second-order valence-electron chi connectivity index (χ2n) is 2.88. The number of nitrogens with one attached hydrogen (secondary N) is 2. The Morgan fingerprint density at radius 2 is 2.43 bits per heavy atom. The van der Waals surface area contributed by atoms with Crippen LogP contribution in [0.4, 0.5) is 5.13 Å². The van der Waals surface area contributed by atoms with Crippen molar-refractivity contribution in [2.75, 3.05) is 5.32 Å². The summed E-state index contributed by atoms with van der Waals surface area (Å²) in [4.78, 5) is 8.24. The molecule has 0 saturated carbocycles. The van der Waals surface area contributed by atoms with E-state index in [4.69, 9.17) is 0 Å². The van der Waals surface area contributed by atoms with Crippen LogP contribution in [0.25, 0.3) is 0 Å². The topological polar surface area (TPSA) is 79.4 Å². The molecule has 6 nitrogen and oxygen atoms in total. The van der Waals surface area contributed by atoms with Crippen molar-refractivity contribution in [3.8, 4) is 0 Å². The maximum atomic E-state index is 4.19. The van der Waals surface area contributed by atoms with E-state index in [9.17, 15) is 0 Å². The Morgan fingerprint density at radius 1 is 1.57 bits per heavy atom. The predicted octanol–water partition coefficient (Wildman–Crippen LogP) is 1.14. The van der Waals surface area contributed by atoms with Crippen LogP contribution >= 0.6 is 11.5 Å². The lowest BCUT2D eigenvalue weighted by Gasteiger charge is -2.07. The van der Waals surface area contributed by atoms with Crippen LogP contribution < -0.4 is 5.32 Å². The second kappa shape index (κ2) is 3.70. The fourth-order valence-electron chi connectivity index (χ4n) is 1.03. The summed E-state index contributed by atoms with van der Waals surface area (Å²) in [6.07, 6.45) is 1.48. The van der Waals surface area contributed by atoms with Gasteiger partial charge in [-0.15, -0.1) is 0 Å². The highest BCUT2D eigenvalue weighted by molar-refractivity contribution is 7.09. The van der Waals surface area contributed by atoms with Crippen LogP contribution in [0, 0.1) is 6.92 Å². The summed E-state index contributed by atoms with van der Waals surface area (Å²) in [7, 11) is 0. The molecule has 7 heteroatoms. The minimum absolute atomic E-state index is 0.0600. The molecule has 1 atom stereocenters. The van der Waals surface area contributed by atoms with Crippen molar-refractivity contribution < 1.29 is 0 Å². The zero-order valence-electron chi connectivity index (χ0n) is 7.85. The molecule has 2 aromatic heterocycles. The second-order valence-corrected chi connectivity index (χ2v) is 3.64. The number of anilines is 1. The summed E-state index contributed by atoms with van der Waals surface area (Å²) in [5.41, 5.74) is 0. The molecular formula is C7H10N6S. The van der Waals surface area contributed by atoms with Crippen LogP contribution in [0.2, 0.25) is 0 Å². The Balaban J connectivity index is 2.05. The molecule has 2 aromatic rings. The van der Waals surface area contributed by atoms with Gasteiger partial charge in [0.05, 0.1) is 6.04 Å². The summed E-state index contributed by atoms with van der Waals surface area (Å²) in [6.45, 7) is 3.85. The number of aromatic amines is 1. The van der Waals surface area contributed by atoms with Crippen LogP contribution in [0.3, 0.4) is 0 Å². The predicted molar refractivity (Wildman–Crippen MR) is 53.1 cm³/mol. The van der Waals surface area contributed by atoms with Crippen molar-refractivity contribution in [1.29, 1.82) is 0 Å². The van der Waals surface area contributed by atoms with E-state index in [-0.39, 0.29) is 6.04 Å². The quantitative estimate of drug-likeness (QED) is 0.794. The highest BCUT2D eigenvalue weighted by Crippen LogP contribution is 2.17. The molecule has 2 N–H and O–H groups in total. The van der Waals surface area contributed by atoms with Crippen molar-refractivity contribution in [1.82, 2.24) is 24.5 Å². The van der Waals surface area contributed by atoms with E-state index >= 15 is 0 Å². The highest BCUT2D eigenvalue weighted by atomic mass is 32.1. The number of hydrogen-bond acceptors (Lipinski definition) is 6. The summed E-state index contributed by atoms with van der Waals surface area (Å²) >= 11 is 1.34. The molecule has 0 aliphatic heterocycles. The van der Waals surface area contributed by atoms with E-state index < -0.39 is 0 Å². The van der Waals surface area contributed by atoms with Crippen molar-refractivity contribution >= 4 is 16.7 Å². The number of H-pyrrole nitrogens is 1. The van der Waals surface area contributed by atoms with Crippen molar-refractivity contribution in [2.45, 2.75) is 19.9 Å². The fourth-order valence-corrected chi connectivity index (χ4v) is 1.69. The molecule has 2 rings (SSSR count). The first-order valence-corrected chi connectivity index (χ1v) is 4.95. The van der Waals surface area contributed by atoms with Crippen LogP contribution in [0.1, 0.15) is 24.6 Å². The maximum Gasteiger partial charge on any atom is 0.203 e. The van der Waals surface area contributed by atoms with Crippen molar-refractivity contribution in [3.63, 3.8) is 0 Å². The smallest absolute Gasteiger partial charge is 0.203 e. The lowest BCUT2D eigenvalue weighted by Crippen LogP contribution is -2.08. The van der Waals surface area contributed by atoms with Gasteiger partial charge in [-0.05, 0) is 13.8 Å². The van der Waals surface area contributed by atoms with Gasteiger partial charge in [0.15, 0.2) is 0 Å². The third-order valence-corrected chi connectivity index (χ3v) is 2.45. The zero-order chi connectivity index (χ0) is 9.97. The summed E-state index contributed by atoms with van der Waals surface area (Å²) in [5.74, 6) is 1.57. The van der Waals surface area contributed by atoms with E-state index in [0.717, 1.165) is 16.8 Å². The standard InChI is InChI=1S/C7H10N6S/c1-4(6-8-3-9-12-6)10-7-11-5(2)13-14-7/h3-4H,1-2H3,(H,8,9,12)(H,10,11,13). The minimum atomic E-state index is 0.0600. The number of rotatable bonds is 3. The molecule has 0 aliphatic rings. The number of hydrogen-bond donors (Lipinski definition) is 2. The first-order chi connectivity index (χ1) is 6.75. The van der Waals surface area contributed by atoms with E-state index in [0.29, 0.717) is 0 Å². The normalized spacial score (nSPS) is 12.7. The van der Waals surface area contributed by atoms with Crippen LogP contribution in [0.15, 0.2) is 6.33 Å². The third-order valence-electron chi connectivity index (χ3n) is 1.71. The molecule has 0 aromatic carbocycles. The average molecular weight is 210 g/mol. The van der Waals surface area contributed by atoms with E-state index in [1.807, 2.05) is 13.8 Å². The number of aromatic nitrogens is 5. The first-order valence-electron chi connectivity index (χ1n) is 4.18. The maximum absolute atomic E-state index is 4.19. The number of aryl methyl sites for hydroxylation is 1. The summed E-state index contributed by atoms with van der Waals surface area (Å²) in [6, 6.07) is 0.0600. The minimum Gasteiger partial charge on any atom is -0.351 e. The Bertz CT molecular complexity index is 394. The first kappa shape index (κ1) is 9.07. The molecule has 1 unspecified atom stereocenters. The van der Waals surface area contributed by atoms with Gasteiger partial charge >= 0.3 is 0 Å². The average Bonchev–Trinajstić information content (AvgIpc) is 2.75. The largest absolute Gasteiger partial charge is 0.351 e. The fraction of sp³-hybridized carbons (Fsp3) is 0.429. The molecule has 74 valence electrons. The van der Waals surface area contributed by atoms with Crippen molar-refractivity contribution in [3.05, 3.63) is 18.0 Å². The molecule has 0 spiro atoms. The Morgan fingerprint density at radius 3 is 3.00 bits per heavy atom. The van der Waals surface area contributed by atoms with Gasteiger partial charge < -0.3 is 5.32 Å². The highest BCUT2D eigenvalue weighted by Gasteiger charge is 2.09. The Labute approximate surface area is 85.0 Å². The van der Waals surface area contributed by atoms with E-state index in [2.05, 4.69) is 29.9 Å². The molecule has 0 aliphatic carbocycles. The molecule has 14 heavy (non-hydrogen) atoms. The van der Waals surface area contributed by atoms with Gasteiger partial charge in [0, 0.05) is 11.5 Å². The molecule has 0 fully saturated rings. The SMILES string of the molecule is Cc1nsc(NC(C)c2ncn[nH]2)n1. The monoisotopic (exact) mass is 210 g/mol. The lowest BCUT2D eigenvalue weighted by molar-refractivity contribution is 0.793. The molecule has 0 bridgehead atoms. The van der Waals surface area contributed by atoms with Crippen molar-refractivity contribution in [2.24, 2.45) is 0 Å². The van der Waals surface area contributed by atoms with Gasteiger partial charge in [0.25, 0.3) is 0 Å². The van der Waals surface area contributed by atoms with Crippen LogP contribution in [-0.4, -0.2) is 24.5 Å². The van der Waals surface area contributed by atoms with E-state index in [1.54, 1.807) is 0 Å². The van der Waals surface area contributed by atoms with Gasteiger partial charge in [-0.1, -0.05) is 0 Å². The summed E-state index contributed by atoms with van der Waals surface area (Å²) in [5, 5.41) is 10.6. The zero-order valence-corrected chi connectivity index (χ0v) is 8.67. The van der Waals surface area contributed by atoms with Gasteiger partial charge in [-0.25, -0.2) is 9.97 Å². The summed E-state index contributed by atoms with van der Waals surface area (Å²) < 4.78 is 4.07. The Kier molecular flexibility index (Phi) is 2.40. The van der Waals surface area contributed by atoms with E-state index in [1.165, 1.54) is 17.9 Å². The molecular weight excluding hydrogens is 200 g/mol. The van der Waals surface area contributed by atoms with Crippen LogP contribution in [-0.2, 0) is 0 Å². The molecule has 2 heterocycles. The third kappa shape index (κ3) is 1.87.